The number of halogens is 3. The highest BCUT2D eigenvalue weighted by Crippen LogP contribution is 2.29. The number of aliphatic hydroxyl groups excluding tert-OH is 1. The third-order valence-electron chi connectivity index (χ3n) is 3.23. The van der Waals surface area contributed by atoms with Crippen LogP contribution in [0.25, 0.3) is 0 Å². The van der Waals surface area contributed by atoms with Crippen LogP contribution in [0.5, 0.6) is 0 Å². The van der Waals surface area contributed by atoms with Gasteiger partial charge in [-0.2, -0.15) is 0 Å². The molecule has 2 rings (SSSR count). The van der Waals surface area contributed by atoms with Crippen molar-refractivity contribution >= 4 is 51.5 Å². The normalized spacial score (nSPS) is 11.9. The lowest BCUT2D eigenvalue weighted by atomic mass is 10.1. The molecule has 6 nitrogen and oxygen atoms in total. The van der Waals surface area contributed by atoms with Crippen LogP contribution in [0.4, 0.5) is 15.8 Å². The van der Waals surface area contributed by atoms with Crippen molar-refractivity contribution in [2.45, 2.75) is 6.10 Å². The highest BCUT2D eigenvalue weighted by Gasteiger charge is 2.15. The van der Waals surface area contributed by atoms with Gasteiger partial charge in [-0.1, -0.05) is 11.6 Å². The van der Waals surface area contributed by atoms with Crippen molar-refractivity contribution in [3.8, 4) is 0 Å². The number of carbonyl (C=O) groups excluding carboxylic acids is 1. The maximum Gasteiger partial charge on any atom is 0.276 e. The van der Waals surface area contributed by atoms with Gasteiger partial charge in [0.05, 0.1) is 28.6 Å². The van der Waals surface area contributed by atoms with Gasteiger partial charge in [0.1, 0.15) is 18.5 Å². The summed E-state index contributed by atoms with van der Waals surface area (Å²) in [6.07, 6.45) is -0.878. The van der Waals surface area contributed by atoms with Crippen LogP contribution in [0.15, 0.2) is 36.4 Å². The number of hydrogen-bond donors (Lipinski definition) is 3. The van der Waals surface area contributed by atoms with E-state index in [1.165, 1.54) is 19.2 Å². The van der Waals surface area contributed by atoms with E-state index in [0.29, 0.717) is 10.7 Å². The molecule has 9 heteroatoms. The Morgan fingerprint density at radius 1 is 1.27 bits per heavy atom. The zero-order chi connectivity index (χ0) is 19.1. The second-order valence-electron chi connectivity index (χ2n) is 5.29. The standard InChI is InChI=1S/C17H17ClFIN2O4/c1-25-8-12(23)9-26-22-17(24)13-4-2-10(19)6-16(13)21-15-5-3-11(20)7-14(15)18/h2-7,12,21,23H,8-9H2,1H3,(H,22,24). The first-order valence-electron chi connectivity index (χ1n) is 7.51. The van der Waals surface area contributed by atoms with Gasteiger partial charge in [0.25, 0.3) is 5.91 Å². The van der Waals surface area contributed by atoms with Crippen molar-refractivity contribution in [2.24, 2.45) is 0 Å². The maximum absolute atomic E-state index is 13.6. The van der Waals surface area contributed by atoms with E-state index in [2.05, 4.69) is 33.4 Å². The number of rotatable bonds is 8. The Morgan fingerprint density at radius 2 is 2.04 bits per heavy atom. The van der Waals surface area contributed by atoms with Crippen LogP contribution in [0.1, 0.15) is 10.4 Å². The lowest BCUT2D eigenvalue weighted by Gasteiger charge is -2.14. The van der Waals surface area contributed by atoms with Crippen molar-refractivity contribution in [1.82, 2.24) is 5.48 Å². The SMILES string of the molecule is COCC(O)CONC(=O)c1ccc(F)cc1Nc1ccc(I)cc1Cl. The van der Waals surface area contributed by atoms with Crippen LogP contribution in [0, 0.1) is 9.39 Å². The van der Waals surface area contributed by atoms with Gasteiger partial charge in [-0.15, -0.1) is 0 Å². The van der Waals surface area contributed by atoms with Gasteiger partial charge in [0.2, 0.25) is 0 Å². The topological polar surface area (TPSA) is 79.8 Å². The molecule has 1 amide bonds. The second kappa shape index (κ2) is 10.0. The van der Waals surface area contributed by atoms with E-state index in [9.17, 15) is 14.3 Å². The number of hydroxylamine groups is 1. The number of benzene rings is 2. The minimum absolute atomic E-state index is 0.0739. The van der Waals surface area contributed by atoms with Gasteiger partial charge >= 0.3 is 0 Å². The van der Waals surface area contributed by atoms with E-state index in [1.807, 2.05) is 6.07 Å². The molecule has 0 spiro atoms. The molecule has 0 aliphatic carbocycles. The number of ether oxygens (including phenoxy) is 1. The van der Waals surface area contributed by atoms with Gasteiger partial charge in [-0.05, 0) is 59.0 Å². The van der Waals surface area contributed by atoms with Gasteiger partial charge in [0, 0.05) is 10.7 Å². The Balaban J connectivity index is 2.12. The summed E-state index contributed by atoms with van der Waals surface area (Å²) in [5.74, 6) is -1.11. The molecule has 3 N–H and O–H groups in total. The fourth-order valence-corrected chi connectivity index (χ4v) is 2.96. The Hall–Kier alpha value is -1.46. The smallest absolute Gasteiger partial charge is 0.276 e. The molecule has 140 valence electrons. The zero-order valence-electron chi connectivity index (χ0n) is 13.8. The summed E-state index contributed by atoms with van der Waals surface area (Å²) >= 11 is 8.29. The summed E-state index contributed by atoms with van der Waals surface area (Å²) in [5, 5.41) is 12.9. The number of nitrogens with one attached hydrogen (secondary N) is 2. The first-order valence-corrected chi connectivity index (χ1v) is 8.97. The van der Waals surface area contributed by atoms with Crippen LogP contribution < -0.4 is 10.8 Å². The molecular weight excluding hydrogens is 478 g/mol. The van der Waals surface area contributed by atoms with Crippen molar-refractivity contribution in [1.29, 1.82) is 0 Å². The van der Waals surface area contributed by atoms with Crippen LogP contribution >= 0.6 is 34.2 Å². The molecule has 2 aromatic rings. The lowest BCUT2D eigenvalue weighted by Crippen LogP contribution is -2.30. The fourth-order valence-electron chi connectivity index (χ4n) is 2.05. The average molecular weight is 495 g/mol. The third-order valence-corrected chi connectivity index (χ3v) is 4.21. The average Bonchev–Trinajstić information content (AvgIpc) is 2.57. The lowest BCUT2D eigenvalue weighted by molar-refractivity contribution is -0.0365. The van der Waals surface area contributed by atoms with E-state index in [-0.39, 0.29) is 24.5 Å². The minimum Gasteiger partial charge on any atom is -0.388 e. The summed E-state index contributed by atoms with van der Waals surface area (Å²) in [6.45, 7) is -0.0724. The van der Waals surface area contributed by atoms with Gasteiger partial charge in [0.15, 0.2) is 0 Å². The van der Waals surface area contributed by atoms with Crippen molar-refractivity contribution in [3.05, 3.63) is 56.4 Å². The van der Waals surface area contributed by atoms with E-state index in [1.54, 1.807) is 12.1 Å². The molecule has 0 heterocycles. The third kappa shape index (κ3) is 6.06. The molecule has 2 aromatic carbocycles. The van der Waals surface area contributed by atoms with E-state index in [0.717, 1.165) is 9.64 Å². The zero-order valence-corrected chi connectivity index (χ0v) is 16.7. The Morgan fingerprint density at radius 3 is 2.73 bits per heavy atom. The Bertz CT molecular complexity index is 778. The first-order chi connectivity index (χ1) is 12.4. The largest absolute Gasteiger partial charge is 0.388 e. The highest BCUT2D eigenvalue weighted by molar-refractivity contribution is 14.1. The Kier molecular flexibility index (Phi) is 8.04. The molecule has 1 unspecified atom stereocenters. The molecule has 0 saturated heterocycles. The molecule has 0 radical (unpaired) electrons. The Labute approximate surface area is 168 Å². The molecular formula is C17H17ClFIN2O4. The second-order valence-corrected chi connectivity index (χ2v) is 6.94. The number of aliphatic hydroxyl groups is 1. The number of anilines is 2. The van der Waals surface area contributed by atoms with Crippen LogP contribution in [-0.4, -0.2) is 37.4 Å². The van der Waals surface area contributed by atoms with Gasteiger partial charge < -0.3 is 15.2 Å². The van der Waals surface area contributed by atoms with Crippen LogP contribution in [0.2, 0.25) is 5.02 Å². The van der Waals surface area contributed by atoms with E-state index in [4.69, 9.17) is 21.2 Å². The first kappa shape index (κ1) is 20.8. The maximum atomic E-state index is 13.6. The van der Waals surface area contributed by atoms with Gasteiger partial charge in [-0.25, -0.2) is 9.87 Å². The van der Waals surface area contributed by atoms with E-state index < -0.39 is 17.8 Å². The van der Waals surface area contributed by atoms with Crippen LogP contribution in [-0.2, 0) is 9.57 Å². The molecule has 1 atom stereocenters. The molecule has 0 bridgehead atoms. The minimum atomic E-state index is -0.878. The quantitative estimate of drug-likeness (QED) is 0.387. The molecule has 0 aliphatic heterocycles. The molecule has 0 fully saturated rings. The van der Waals surface area contributed by atoms with Crippen molar-refractivity contribution in [3.63, 3.8) is 0 Å². The summed E-state index contributed by atoms with van der Waals surface area (Å²) in [5.41, 5.74) is 3.12. The molecule has 0 saturated carbocycles. The van der Waals surface area contributed by atoms with E-state index >= 15 is 0 Å². The number of methoxy groups -OCH3 is 1. The van der Waals surface area contributed by atoms with Gasteiger partial charge in [-0.3, -0.25) is 9.63 Å². The summed E-state index contributed by atoms with van der Waals surface area (Å²) in [6, 6.07) is 8.97. The predicted molar refractivity (Wildman–Crippen MR) is 105 cm³/mol. The fraction of sp³-hybridized carbons (Fsp3) is 0.235. The monoisotopic (exact) mass is 494 g/mol. The number of hydrogen-bond acceptors (Lipinski definition) is 5. The highest BCUT2D eigenvalue weighted by atomic mass is 127. The number of amides is 1. The van der Waals surface area contributed by atoms with Crippen molar-refractivity contribution in [2.75, 3.05) is 25.6 Å². The van der Waals surface area contributed by atoms with Crippen LogP contribution in [0.3, 0.4) is 0 Å². The summed E-state index contributed by atoms with van der Waals surface area (Å²) in [4.78, 5) is 17.3. The molecule has 26 heavy (non-hydrogen) atoms. The summed E-state index contributed by atoms with van der Waals surface area (Å²) < 4.78 is 19.3. The number of carbonyl (C=O) groups is 1. The molecule has 0 aliphatic rings. The predicted octanol–water partition coefficient (Wildman–Crippen LogP) is 3.50. The summed E-state index contributed by atoms with van der Waals surface area (Å²) in [7, 11) is 1.44. The van der Waals surface area contributed by atoms with Crippen molar-refractivity contribution < 1.29 is 23.9 Å². The molecule has 0 aromatic heterocycles.